The molecule has 0 aliphatic rings. The molecule has 3 aromatic carbocycles. The number of Topliss-reactive ketones (excluding diaryl/α,β-unsaturated/α-hetero) is 1. The summed E-state index contributed by atoms with van der Waals surface area (Å²) in [6.07, 6.45) is 2.79. The third kappa shape index (κ3) is 4.97. The van der Waals surface area contributed by atoms with Crippen molar-refractivity contribution in [1.82, 2.24) is 9.78 Å². The van der Waals surface area contributed by atoms with Crippen molar-refractivity contribution in [3.63, 3.8) is 0 Å². The number of ketones is 1. The topological polar surface area (TPSA) is 52.0 Å². The first kappa shape index (κ1) is 22.0. The van der Waals surface area contributed by atoms with Crippen LogP contribution in [0.3, 0.4) is 0 Å². The first-order valence-electron chi connectivity index (χ1n) is 10.7. The second-order valence-corrected chi connectivity index (χ2v) is 9.29. The summed E-state index contributed by atoms with van der Waals surface area (Å²) in [6, 6.07) is 22.8. The molecule has 0 unspecified atom stereocenters. The van der Waals surface area contributed by atoms with E-state index in [0.29, 0.717) is 35.4 Å². The molecule has 0 aliphatic heterocycles. The zero-order valence-corrected chi connectivity index (χ0v) is 19.0. The molecule has 0 saturated heterocycles. The summed E-state index contributed by atoms with van der Waals surface area (Å²) in [5.74, 6) is 0.0940. The van der Waals surface area contributed by atoms with E-state index in [1.165, 1.54) is 4.68 Å². The van der Waals surface area contributed by atoms with Crippen LogP contribution in [0.25, 0.3) is 21.9 Å². The van der Waals surface area contributed by atoms with E-state index in [2.05, 4.69) is 18.9 Å². The number of hydrogen-bond donors (Lipinski definition) is 0. The lowest BCUT2D eigenvalue weighted by Gasteiger charge is -2.24. The molecular formula is C27H25ClN2O2. The molecule has 4 nitrogen and oxygen atoms in total. The molecule has 162 valence electrons. The summed E-state index contributed by atoms with van der Waals surface area (Å²) < 4.78 is 1.50. The molecular weight excluding hydrogens is 420 g/mol. The summed E-state index contributed by atoms with van der Waals surface area (Å²) in [7, 11) is 0. The van der Waals surface area contributed by atoms with Crippen LogP contribution in [-0.2, 0) is 6.54 Å². The number of nitrogens with zero attached hydrogens (tertiary/aromatic N) is 2. The highest BCUT2D eigenvalue weighted by Crippen LogP contribution is 2.28. The summed E-state index contributed by atoms with van der Waals surface area (Å²) in [6.45, 7) is 4.58. The maximum atomic E-state index is 12.9. The molecule has 32 heavy (non-hydrogen) atoms. The second kappa shape index (κ2) is 9.09. The smallest absolute Gasteiger partial charge is 0.274 e. The van der Waals surface area contributed by atoms with Crippen LogP contribution in [0.2, 0.25) is 5.02 Å². The Balaban J connectivity index is 1.41. The predicted octanol–water partition coefficient (Wildman–Crippen LogP) is 6.41. The molecule has 5 heteroatoms. The van der Waals surface area contributed by atoms with E-state index in [-0.39, 0.29) is 16.8 Å². The van der Waals surface area contributed by atoms with E-state index in [1.807, 2.05) is 72.8 Å². The molecule has 4 rings (SSSR count). The molecule has 0 aliphatic carbocycles. The zero-order valence-electron chi connectivity index (χ0n) is 18.2. The van der Waals surface area contributed by atoms with E-state index in [0.717, 1.165) is 16.5 Å². The Hall–Kier alpha value is -3.24. The van der Waals surface area contributed by atoms with Crippen LogP contribution in [0.1, 0.15) is 37.0 Å². The van der Waals surface area contributed by atoms with Gasteiger partial charge in [-0.25, -0.2) is 4.68 Å². The van der Waals surface area contributed by atoms with Crippen molar-refractivity contribution in [2.24, 2.45) is 5.41 Å². The predicted molar refractivity (Wildman–Crippen MR) is 130 cm³/mol. The van der Waals surface area contributed by atoms with Gasteiger partial charge < -0.3 is 0 Å². The van der Waals surface area contributed by atoms with Crippen molar-refractivity contribution in [3.8, 4) is 11.1 Å². The molecule has 0 bridgehead atoms. The molecule has 0 spiro atoms. The van der Waals surface area contributed by atoms with Gasteiger partial charge in [0.15, 0.2) is 5.78 Å². The summed E-state index contributed by atoms with van der Waals surface area (Å²) in [5.41, 5.74) is 2.43. The molecule has 0 saturated carbocycles. The fourth-order valence-corrected chi connectivity index (χ4v) is 3.94. The van der Waals surface area contributed by atoms with Crippen molar-refractivity contribution in [1.29, 1.82) is 0 Å². The average Bonchev–Trinajstić information content (AvgIpc) is 2.79. The molecule has 0 atom stereocenters. The number of fused-ring (bicyclic) bond motifs is 1. The maximum absolute atomic E-state index is 12.9. The van der Waals surface area contributed by atoms with Crippen LogP contribution in [0, 0.1) is 5.41 Å². The quantitative estimate of drug-likeness (QED) is 0.309. The number of aryl methyl sites for hydroxylation is 1. The Kier molecular flexibility index (Phi) is 6.24. The first-order valence-corrected chi connectivity index (χ1v) is 11.0. The first-order chi connectivity index (χ1) is 15.3. The minimum absolute atomic E-state index is 0.0940. The van der Waals surface area contributed by atoms with E-state index < -0.39 is 0 Å². The van der Waals surface area contributed by atoms with Crippen molar-refractivity contribution in [2.45, 2.75) is 33.2 Å². The Morgan fingerprint density at radius 1 is 0.938 bits per heavy atom. The molecule has 4 aromatic rings. The second-order valence-electron chi connectivity index (χ2n) is 8.86. The maximum Gasteiger partial charge on any atom is 0.274 e. The monoisotopic (exact) mass is 444 g/mol. The van der Waals surface area contributed by atoms with E-state index in [4.69, 9.17) is 11.6 Å². The lowest BCUT2D eigenvalue weighted by Crippen LogP contribution is -2.27. The molecule has 0 amide bonds. The van der Waals surface area contributed by atoms with Gasteiger partial charge in [0.05, 0.1) is 11.6 Å². The third-order valence-electron chi connectivity index (χ3n) is 5.79. The Morgan fingerprint density at radius 3 is 2.25 bits per heavy atom. The Morgan fingerprint density at radius 2 is 1.56 bits per heavy atom. The van der Waals surface area contributed by atoms with Crippen molar-refractivity contribution < 1.29 is 4.79 Å². The summed E-state index contributed by atoms with van der Waals surface area (Å²) >= 11 is 5.96. The largest absolute Gasteiger partial charge is 0.294 e. The number of carbonyl (C=O) groups excluding carboxylic acids is 1. The number of aromatic nitrogens is 2. The van der Waals surface area contributed by atoms with Crippen LogP contribution in [0.5, 0.6) is 0 Å². The number of halogens is 1. The Labute approximate surface area is 192 Å². The van der Waals surface area contributed by atoms with Gasteiger partial charge in [-0.05, 0) is 41.2 Å². The van der Waals surface area contributed by atoms with Gasteiger partial charge in [0.25, 0.3) is 5.56 Å². The Bertz CT molecular complexity index is 1310. The standard InChI is InChI=1S/C27H25ClN2O2/c1-27(2,15-16-30-26(32)24-6-4-3-5-22(24)18-29-30)17-25(31)21-9-7-19(8-10-21)20-11-13-23(28)14-12-20/h3-14,18H,15-17H2,1-2H3. The van der Waals surface area contributed by atoms with Gasteiger partial charge in [0, 0.05) is 28.9 Å². The fraction of sp³-hybridized carbons (Fsp3) is 0.222. The summed E-state index contributed by atoms with van der Waals surface area (Å²) in [4.78, 5) is 25.6. The number of hydrogen-bond acceptors (Lipinski definition) is 3. The highest BCUT2D eigenvalue weighted by molar-refractivity contribution is 6.30. The van der Waals surface area contributed by atoms with Crippen LogP contribution in [0.15, 0.2) is 83.8 Å². The fourth-order valence-electron chi connectivity index (χ4n) is 3.81. The van der Waals surface area contributed by atoms with Gasteiger partial charge in [0.2, 0.25) is 0 Å². The van der Waals surface area contributed by atoms with Crippen molar-refractivity contribution >= 4 is 28.2 Å². The van der Waals surface area contributed by atoms with Crippen LogP contribution in [-0.4, -0.2) is 15.6 Å². The molecule has 1 heterocycles. The van der Waals surface area contributed by atoms with Gasteiger partial charge in [-0.3, -0.25) is 9.59 Å². The molecule has 0 N–H and O–H groups in total. The molecule has 0 radical (unpaired) electrons. The van der Waals surface area contributed by atoms with Crippen molar-refractivity contribution in [2.75, 3.05) is 0 Å². The number of rotatable bonds is 7. The number of carbonyl (C=O) groups is 1. The highest BCUT2D eigenvalue weighted by atomic mass is 35.5. The average molecular weight is 445 g/mol. The third-order valence-corrected chi connectivity index (χ3v) is 6.04. The van der Waals surface area contributed by atoms with Crippen molar-refractivity contribution in [3.05, 3.63) is 99.9 Å². The zero-order chi connectivity index (χ0) is 22.7. The normalized spacial score (nSPS) is 11.6. The van der Waals surface area contributed by atoms with E-state index >= 15 is 0 Å². The molecule has 0 fully saturated rings. The van der Waals surface area contributed by atoms with Crippen LogP contribution >= 0.6 is 11.6 Å². The molecule has 1 aromatic heterocycles. The van der Waals surface area contributed by atoms with E-state index in [9.17, 15) is 9.59 Å². The minimum atomic E-state index is -0.265. The SMILES string of the molecule is CC(C)(CCn1ncc2ccccc2c1=O)CC(=O)c1ccc(-c2ccc(Cl)cc2)cc1. The van der Waals surface area contributed by atoms with Gasteiger partial charge in [-0.15, -0.1) is 0 Å². The summed E-state index contributed by atoms with van der Waals surface area (Å²) in [5, 5.41) is 6.50. The van der Waals surface area contributed by atoms with Crippen LogP contribution in [0.4, 0.5) is 0 Å². The van der Waals surface area contributed by atoms with Gasteiger partial charge in [-0.2, -0.15) is 5.10 Å². The van der Waals surface area contributed by atoms with E-state index in [1.54, 1.807) is 6.20 Å². The minimum Gasteiger partial charge on any atom is -0.294 e. The number of benzene rings is 3. The van der Waals surface area contributed by atoms with Gasteiger partial charge >= 0.3 is 0 Å². The van der Waals surface area contributed by atoms with Gasteiger partial charge in [0.1, 0.15) is 0 Å². The van der Waals surface area contributed by atoms with Gasteiger partial charge in [-0.1, -0.05) is 80.0 Å². The van der Waals surface area contributed by atoms with Crippen LogP contribution < -0.4 is 5.56 Å². The highest BCUT2D eigenvalue weighted by Gasteiger charge is 2.23. The lowest BCUT2D eigenvalue weighted by molar-refractivity contribution is 0.0922. The lowest BCUT2D eigenvalue weighted by atomic mass is 9.82.